The normalized spacial score (nSPS) is 13.2. The summed E-state index contributed by atoms with van der Waals surface area (Å²) in [6.07, 6.45) is 0. The molecular formula is C19H15NO4S2. The van der Waals surface area contributed by atoms with Crippen LogP contribution in [0.5, 0.6) is 5.75 Å². The van der Waals surface area contributed by atoms with Crippen LogP contribution < -0.4 is 9.46 Å². The second-order valence-corrected chi connectivity index (χ2v) is 8.41. The molecular weight excluding hydrogens is 370 g/mol. The minimum atomic E-state index is -3.80. The van der Waals surface area contributed by atoms with E-state index in [0.29, 0.717) is 34.4 Å². The van der Waals surface area contributed by atoms with Crippen molar-refractivity contribution in [1.29, 1.82) is 0 Å². The smallest absolute Gasteiger partial charge is 0.262 e. The first-order valence-electron chi connectivity index (χ1n) is 8.03. The van der Waals surface area contributed by atoms with Gasteiger partial charge in [-0.1, -0.05) is 12.1 Å². The van der Waals surface area contributed by atoms with Gasteiger partial charge in [-0.2, -0.15) is 0 Å². The molecule has 0 atom stereocenters. The second kappa shape index (κ2) is 6.34. The van der Waals surface area contributed by atoms with E-state index in [0.717, 1.165) is 16.7 Å². The van der Waals surface area contributed by atoms with Crippen molar-refractivity contribution < 1.29 is 17.9 Å². The highest BCUT2D eigenvalue weighted by Gasteiger charge is 2.27. The molecule has 5 nitrogen and oxygen atoms in total. The zero-order valence-corrected chi connectivity index (χ0v) is 15.5. The minimum Gasteiger partial charge on any atom is -0.494 e. The van der Waals surface area contributed by atoms with Gasteiger partial charge in [-0.05, 0) is 61.2 Å². The van der Waals surface area contributed by atoms with Gasteiger partial charge in [-0.15, -0.1) is 0 Å². The first-order valence-corrected chi connectivity index (χ1v) is 10.3. The third kappa shape index (κ3) is 2.83. The average Bonchev–Trinajstić information content (AvgIpc) is 2.95. The molecule has 3 aromatic rings. The number of hydrogen-bond acceptors (Lipinski definition) is 5. The van der Waals surface area contributed by atoms with Crippen molar-refractivity contribution in [1.82, 2.24) is 0 Å². The van der Waals surface area contributed by atoms with Crippen LogP contribution in [-0.2, 0) is 10.0 Å². The van der Waals surface area contributed by atoms with Crippen molar-refractivity contribution in [2.24, 2.45) is 0 Å². The van der Waals surface area contributed by atoms with E-state index in [-0.39, 0.29) is 10.0 Å². The van der Waals surface area contributed by atoms with Gasteiger partial charge in [0.15, 0.2) is 0 Å². The van der Waals surface area contributed by atoms with Crippen LogP contribution in [0, 0.1) is 0 Å². The summed E-state index contributed by atoms with van der Waals surface area (Å²) in [5.74, 6) is 0.677. The summed E-state index contributed by atoms with van der Waals surface area (Å²) in [6.45, 7) is 2.43. The Kier molecular flexibility index (Phi) is 4.13. The standard InChI is InChI=1S/C19H15NO4S2/c1-2-24-13-8-6-12(7-9-13)20-26(22,23)17-11-10-16-18-14(17)4-3-5-15(18)19(21)25-16/h3-11,20H,2H2,1H3. The average molecular weight is 385 g/mol. The molecule has 0 fully saturated rings. The highest BCUT2D eigenvalue weighted by Crippen LogP contribution is 2.42. The number of rotatable bonds is 5. The molecule has 1 heterocycles. The van der Waals surface area contributed by atoms with Gasteiger partial charge in [0.1, 0.15) is 5.75 Å². The van der Waals surface area contributed by atoms with Gasteiger partial charge < -0.3 is 4.74 Å². The van der Waals surface area contributed by atoms with Crippen LogP contribution in [0.3, 0.4) is 0 Å². The lowest BCUT2D eigenvalue weighted by molar-refractivity contribution is 0.109. The maximum absolute atomic E-state index is 12.9. The molecule has 3 aromatic carbocycles. The zero-order chi connectivity index (χ0) is 18.3. The molecule has 0 radical (unpaired) electrons. The lowest BCUT2D eigenvalue weighted by Crippen LogP contribution is -2.13. The summed E-state index contributed by atoms with van der Waals surface area (Å²) in [6, 6.07) is 15.1. The van der Waals surface area contributed by atoms with E-state index >= 15 is 0 Å². The molecule has 0 amide bonds. The Balaban J connectivity index is 1.75. The largest absolute Gasteiger partial charge is 0.494 e. The van der Waals surface area contributed by atoms with Gasteiger partial charge in [0.25, 0.3) is 10.0 Å². The summed E-state index contributed by atoms with van der Waals surface area (Å²) in [5.41, 5.74) is 1.00. The summed E-state index contributed by atoms with van der Waals surface area (Å²) in [4.78, 5) is 13.0. The Morgan fingerprint density at radius 3 is 2.54 bits per heavy atom. The molecule has 0 unspecified atom stereocenters. The Morgan fingerprint density at radius 1 is 1.04 bits per heavy atom. The Labute approximate surface area is 155 Å². The molecule has 132 valence electrons. The molecule has 4 rings (SSSR count). The van der Waals surface area contributed by atoms with Gasteiger partial charge in [0, 0.05) is 26.9 Å². The maximum atomic E-state index is 12.9. The van der Waals surface area contributed by atoms with Crippen LogP contribution in [-0.4, -0.2) is 20.1 Å². The fourth-order valence-electron chi connectivity index (χ4n) is 2.99. The fourth-order valence-corrected chi connectivity index (χ4v) is 5.19. The van der Waals surface area contributed by atoms with Crippen molar-refractivity contribution in [2.45, 2.75) is 16.7 Å². The predicted octanol–water partition coefficient (Wildman–Crippen LogP) is 4.29. The summed E-state index contributed by atoms with van der Waals surface area (Å²) in [5, 5.41) is 1.20. The fraction of sp³-hybridized carbons (Fsp3) is 0.105. The molecule has 26 heavy (non-hydrogen) atoms. The summed E-state index contributed by atoms with van der Waals surface area (Å²) >= 11 is 1.13. The van der Waals surface area contributed by atoms with E-state index in [2.05, 4.69) is 4.72 Å². The number of sulfonamides is 1. The SMILES string of the molecule is CCOc1ccc(NS(=O)(=O)c2ccc3c4c(cccc24)C(=O)S3)cc1. The quantitative estimate of drug-likeness (QED) is 0.709. The Bertz CT molecular complexity index is 1120. The molecule has 0 aromatic heterocycles. The Morgan fingerprint density at radius 2 is 1.81 bits per heavy atom. The van der Waals surface area contributed by atoms with E-state index in [4.69, 9.17) is 4.74 Å². The van der Waals surface area contributed by atoms with E-state index in [1.165, 1.54) is 0 Å². The topological polar surface area (TPSA) is 72.5 Å². The van der Waals surface area contributed by atoms with E-state index < -0.39 is 10.0 Å². The second-order valence-electron chi connectivity index (χ2n) is 5.74. The number of carbonyl (C=O) groups excluding carboxylic acids is 1. The molecule has 1 aliphatic heterocycles. The molecule has 1 aliphatic rings. The highest BCUT2D eigenvalue weighted by molar-refractivity contribution is 8.14. The first-order chi connectivity index (χ1) is 12.5. The highest BCUT2D eigenvalue weighted by atomic mass is 32.2. The van der Waals surface area contributed by atoms with Crippen LogP contribution in [0.2, 0.25) is 0 Å². The van der Waals surface area contributed by atoms with Crippen molar-refractivity contribution in [3.8, 4) is 5.75 Å². The van der Waals surface area contributed by atoms with Crippen molar-refractivity contribution in [2.75, 3.05) is 11.3 Å². The van der Waals surface area contributed by atoms with Gasteiger partial charge in [0.2, 0.25) is 5.12 Å². The maximum Gasteiger partial charge on any atom is 0.262 e. The van der Waals surface area contributed by atoms with E-state index in [1.807, 2.05) is 6.92 Å². The van der Waals surface area contributed by atoms with Crippen LogP contribution in [0.15, 0.2) is 64.4 Å². The van der Waals surface area contributed by atoms with E-state index in [1.54, 1.807) is 54.6 Å². The third-order valence-electron chi connectivity index (χ3n) is 4.09. The first kappa shape index (κ1) is 16.9. The number of nitrogens with one attached hydrogen (secondary N) is 1. The van der Waals surface area contributed by atoms with E-state index in [9.17, 15) is 13.2 Å². The number of thioether (sulfide) groups is 1. The third-order valence-corrected chi connectivity index (χ3v) is 6.50. The van der Waals surface area contributed by atoms with Gasteiger partial charge in [0.05, 0.1) is 11.5 Å². The van der Waals surface area contributed by atoms with Crippen molar-refractivity contribution in [3.63, 3.8) is 0 Å². The van der Waals surface area contributed by atoms with Gasteiger partial charge in [-0.25, -0.2) is 8.42 Å². The van der Waals surface area contributed by atoms with Crippen LogP contribution >= 0.6 is 11.8 Å². The number of benzene rings is 3. The molecule has 0 saturated carbocycles. The van der Waals surface area contributed by atoms with Crippen molar-refractivity contribution >= 4 is 43.4 Å². The molecule has 1 N–H and O–H groups in total. The van der Waals surface area contributed by atoms with Gasteiger partial charge >= 0.3 is 0 Å². The number of hydrogen-bond donors (Lipinski definition) is 1. The molecule has 0 spiro atoms. The zero-order valence-electron chi connectivity index (χ0n) is 13.9. The van der Waals surface area contributed by atoms with Crippen molar-refractivity contribution in [3.05, 3.63) is 60.2 Å². The van der Waals surface area contributed by atoms with Crippen LogP contribution in [0.4, 0.5) is 5.69 Å². The monoisotopic (exact) mass is 385 g/mol. The summed E-state index contributed by atoms with van der Waals surface area (Å²) in [7, 11) is -3.80. The van der Waals surface area contributed by atoms with Crippen LogP contribution in [0.25, 0.3) is 10.8 Å². The number of ether oxygens (including phenoxy) is 1. The molecule has 0 saturated heterocycles. The molecule has 7 heteroatoms. The Hall–Kier alpha value is -2.51. The van der Waals surface area contributed by atoms with Crippen LogP contribution in [0.1, 0.15) is 17.3 Å². The van der Waals surface area contributed by atoms with Gasteiger partial charge in [-0.3, -0.25) is 9.52 Å². The predicted molar refractivity (Wildman–Crippen MR) is 103 cm³/mol. The summed E-state index contributed by atoms with van der Waals surface area (Å²) < 4.78 is 33.8. The molecule has 0 aliphatic carbocycles. The number of carbonyl (C=O) groups is 1. The lowest BCUT2D eigenvalue weighted by Gasteiger charge is -2.12. The lowest BCUT2D eigenvalue weighted by atomic mass is 10.1. The molecule has 0 bridgehead atoms. The minimum absolute atomic E-state index is 0.0559. The number of anilines is 1.